The van der Waals surface area contributed by atoms with Crippen molar-refractivity contribution in [3.05, 3.63) is 64.5 Å². The number of amides is 1. The molecular weight excluding hydrogens is 338 g/mol. The zero-order valence-electron chi connectivity index (χ0n) is 15.7. The van der Waals surface area contributed by atoms with Crippen molar-refractivity contribution in [2.24, 2.45) is 0 Å². The first kappa shape index (κ1) is 18.1. The summed E-state index contributed by atoms with van der Waals surface area (Å²) in [5.41, 5.74) is 5.10. The third-order valence-electron chi connectivity index (χ3n) is 5.90. The Morgan fingerprint density at radius 3 is 2.63 bits per heavy atom. The van der Waals surface area contributed by atoms with Crippen LogP contribution in [0.15, 0.2) is 36.5 Å². The van der Waals surface area contributed by atoms with Gasteiger partial charge in [-0.2, -0.15) is 0 Å². The van der Waals surface area contributed by atoms with E-state index in [4.69, 9.17) is 5.11 Å². The Hall–Kier alpha value is -2.24. The van der Waals surface area contributed by atoms with Gasteiger partial charge in [0.25, 0.3) is 5.91 Å². The summed E-state index contributed by atoms with van der Waals surface area (Å²) in [4.78, 5) is 19.0. The van der Waals surface area contributed by atoms with Gasteiger partial charge < -0.3 is 10.4 Å². The fourth-order valence-electron chi connectivity index (χ4n) is 3.96. The molecule has 4 rings (SSSR count). The zero-order chi connectivity index (χ0) is 18.6. The number of benzene rings is 1. The highest BCUT2D eigenvalue weighted by atomic mass is 16.3. The molecule has 0 atom stereocenters. The third-order valence-corrected chi connectivity index (χ3v) is 5.90. The van der Waals surface area contributed by atoms with Gasteiger partial charge in [-0.25, -0.2) is 0 Å². The quantitative estimate of drug-likeness (QED) is 0.854. The summed E-state index contributed by atoms with van der Waals surface area (Å²) >= 11 is 0. The van der Waals surface area contributed by atoms with Gasteiger partial charge in [0.1, 0.15) is 0 Å². The van der Waals surface area contributed by atoms with Gasteiger partial charge in [-0.15, -0.1) is 0 Å². The van der Waals surface area contributed by atoms with Crippen LogP contribution < -0.4 is 5.32 Å². The lowest BCUT2D eigenvalue weighted by Gasteiger charge is -2.36. The topological polar surface area (TPSA) is 65.5 Å². The maximum atomic E-state index is 12.3. The zero-order valence-corrected chi connectivity index (χ0v) is 15.7. The van der Waals surface area contributed by atoms with E-state index >= 15 is 0 Å². The van der Waals surface area contributed by atoms with E-state index in [9.17, 15) is 4.79 Å². The molecule has 2 aromatic rings. The van der Waals surface area contributed by atoms with Crippen LogP contribution in [0, 0.1) is 0 Å². The van der Waals surface area contributed by atoms with Gasteiger partial charge in [0, 0.05) is 31.9 Å². The van der Waals surface area contributed by atoms with Crippen LogP contribution in [0.25, 0.3) is 0 Å². The predicted molar refractivity (Wildman–Crippen MR) is 104 cm³/mol. The summed E-state index contributed by atoms with van der Waals surface area (Å²) in [6, 6.07) is 10.8. The van der Waals surface area contributed by atoms with Crippen molar-refractivity contribution >= 4 is 5.91 Å². The number of carbonyl (C=O) groups excluding carboxylic acids is 1. The van der Waals surface area contributed by atoms with E-state index in [1.807, 2.05) is 0 Å². The number of aromatic nitrogens is 1. The number of hydrogen-bond acceptors (Lipinski definition) is 4. The molecule has 0 radical (unpaired) electrons. The highest BCUT2D eigenvalue weighted by Gasteiger charge is 2.26. The second-order valence-corrected chi connectivity index (χ2v) is 7.60. The highest BCUT2D eigenvalue weighted by Crippen LogP contribution is 2.27. The Morgan fingerprint density at radius 1 is 1.15 bits per heavy atom. The Labute approximate surface area is 160 Å². The molecule has 0 bridgehead atoms. The summed E-state index contributed by atoms with van der Waals surface area (Å²) in [7, 11) is 0. The maximum absolute atomic E-state index is 12.3. The van der Waals surface area contributed by atoms with Crippen molar-refractivity contribution in [1.29, 1.82) is 0 Å². The lowest BCUT2D eigenvalue weighted by atomic mass is 9.91. The van der Waals surface area contributed by atoms with Gasteiger partial charge in [0.2, 0.25) is 0 Å². The first-order chi connectivity index (χ1) is 13.2. The molecule has 1 aliphatic heterocycles. The first-order valence-electron chi connectivity index (χ1n) is 9.91. The normalized spacial score (nSPS) is 17.7. The second-order valence-electron chi connectivity index (χ2n) is 7.60. The minimum absolute atomic E-state index is 0.116. The maximum Gasteiger partial charge on any atom is 0.253 e. The number of hydrogen-bond donors (Lipinski definition) is 2. The molecule has 1 aromatic carbocycles. The minimum Gasteiger partial charge on any atom is -0.390 e. The van der Waals surface area contributed by atoms with Crippen molar-refractivity contribution < 1.29 is 9.90 Å². The molecule has 2 heterocycles. The van der Waals surface area contributed by atoms with Crippen LogP contribution in [0.2, 0.25) is 0 Å². The Morgan fingerprint density at radius 2 is 1.96 bits per heavy atom. The summed E-state index contributed by atoms with van der Waals surface area (Å²) in [6.45, 7) is 2.72. The van der Waals surface area contributed by atoms with Gasteiger partial charge in [0.15, 0.2) is 0 Å². The average molecular weight is 365 g/mol. The summed E-state index contributed by atoms with van der Waals surface area (Å²) in [5.74, 6) is -0.141. The SMILES string of the molecule is O=C(NCc1ccc2c(c1)CCN(C1CCC1)CC2)c1ccc(CO)nc1. The van der Waals surface area contributed by atoms with E-state index in [1.165, 1.54) is 43.1 Å². The molecule has 1 aliphatic carbocycles. The van der Waals surface area contributed by atoms with Gasteiger partial charge in [-0.1, -0.05) is 24.6 Å². The van der Waals surface area contributed by atoms with Crippen molar-refractivity contribution in [2.45, 2.75) is 51.3 Å². The Bertz CT molecular complexity index is 800. The van der Waals surface area contributed by atoms with E-state index < -0.39 is 0 Å². The molecule has 0 spiro atoms. The van der Waals surface area contributed by atoms with E-state index in [1.54, 1.807) is 12.1 Å². The number of nitrogens with one attached hydrogen (secondary N) is 1. The molecule has 1 fully saturated rings. The molecule has 5 nitrogen and oxygen atoms in total. The van der Waals surface area contributed by atoms with Crippen molar-refractivity contribution in [3.8, 4) is 0 Å². The summed E-state index contributed by atoms with van der Waals surface area (Å²) < 4.78 is 0. The van der Waals surface area contributed by atoms with E-state index in [0.29, 0.717) is 17.8 Å². The summed E-state index contributed by atoms with van der Waals surface area (Å²) in [5, 5.41) is 12.0. The molecule has 0 unspecified atom stereocenters. The van der Waals surface area contributed by atoms with Crippen LogP contribution in [-0.2, 0) is 26.0 Å². The predicted octanol–water partition coefficient (Wildman–Crippen LogP) is 2.46. The molecule has 1 aromatic heterocycles. The smallest absolute Gasteiger partial charge is 0.253 e. The van der Waals surface area contributed by atoms with Crippen molar-refractivity contribution in [1.82, 2.24) is 15.2 Å². The van der Waals surface area contributed by atoms with Crippen LogP contribution >= 0.6 is 0 Å². The largest absolute Gasteiger partial charge is 0.390 e. The van der Waals surface area contributed by atoms with Gasteiger partial charge in [-0.3, -0.25) is 14.7 Å². The van der Waals surface area contributed by atoms with Crippen LogP contribution in [0.4, 0.5) is 0 Å². The van der Waals surface area contributed by atoms with Crippen LogP contribution in [-0.4, -0.2) is 40.0 Å². The lowest BCUT2D eigenvalue weighted by Crippen LogP contribution is -2.41. The minimum atomic E-state index is -0.141. The van der Waals surface area contributed by atoms with E-state index in [-0.39, 0.29) is 12.5 Å². The Balaban J connectivity index is 1.36. The molecule has 27 heavy (non-hydrogen) atoms. The number of aliphatic hydroxyl groups is 1. The molecule has 0 saturated heterocycles. The number of rotatable bonds is 5. The van der Waals surface area contributed by atoms with Crippen molar-refractivity contribution in [3.63, 3.8) is 0 Å². The van der Waals surface area contributed by atoms with Crippen LogP contribution in [0.3, 0.4) is 0 Å². The fourth-order valence-corrected chi connectivity index (χ4v) is 3.96. The monoisotopic (exact) mass is 365 g/mol. The number of carbonyl (C=O) groups is 1. The lowest BCUT2D eigenvalue weighted by molar-refractivity contribution is 0.0950. The number of nitrogens with zero attached hydrogens (tertiary/aromatic N) is 2. The molecule has 1 saturated carbocycles. The molecular formula is C22H27N3O2. The summed E-state index contributed by atoms with van der Waals surface area (Å²) in [6.07, 6.45) is 7.84. The molecule has 142 valence electrons. The average Bonchev–Trinajstić information content (AvgIpc) is 2.87. The first-order valence-corrected chi connectivity index (χ1v) is 9.91. The third kappa shape index (κ3) is 4.20. The number of aliphatic hydroxyl groups excluding tert-OH is 1. The fraction of sp³-hybridized carbons (Fsp3) is 0.455. The highest BCUT2D eigenvalue weighted by molar-refractivity contribution is 5.93. The van der Waals surface area contributed by atoms with Crippen LogP contribution in [0.5, 0.6) is 0 Å². The molecule has 5 heteroatoms. The van der Waals surface area contributed by atoms with E-state index in [2.05, 4.69) is 33.4 Å². The number of pyridine rings is 1. The molecule has 2 N–H and O–H groups in total. The van der Waals surface area contributed by atoms with Gasteiger partial charge in [-0.05, 0) is 54.5 Å². The standard InChI is InChI=1S/C22H27N3O2/c26-15-20-7-6-19(14-23-20)22(27)24-13-16-4-5-17-8-10-25(21-2-1-3-21)11-9-18(17)12-16/h4-7,12,14,21,26H,1-3,8-11,13,15H2,(H,24,27). The van der Waals surface area contributed by atoms with Gasteiger partial charge in [0.05, 0.1) is 17.9 Å². The second kappa shape index (κ2) is 8.19. The van der Waals surface area contributed by atoms with Crippen LogP contribution in [0.1, 0.15) is 52.0 Å². The molecule has 2 aliphatic rings. The van der Waals surface area contributed by atoms with E-state index in [0.717, 1.165) is 31.0 Å². The number of fused-ring (bicyclic) bond motifs is 1. The molecule has 1 amide bonds. The van der Waals surface area contributed by atoms with Crippen molar-refractivity contribution in [2.75, 3.05) is 13.1 Å². The van der Waals surface area contributed by atoms with Gasteiger partial charge >= 0.3 is 0 Å². The Kier molecular flexibility index (Phi) is 5.50.